The third-order valence-electron chi connectivity index (χ3n) is 5.85. The lowest BCUT2D eigenvalue weighted by Gasteiger charge is -2.33. The van der Waals surface area contributed by atoms with Gasteiger partial charge in [0.1, 0.15) is 11.9 Å². The van der Waals surface area contributed by atoms with E-state index in [4.69, 9.17) is 4.74 Å². The van der Waals surface area contributed by atoms with Crippen LogP contribution in [-0.4, -0.2) is 46.5 Å². The number of nitrogens with zero attached hydrogens (tertiary/aromatic N) is 3. The lowest BCUT2D eigenvalue weighted by Crippen LogP contribution is -2.45. The monoisotopic (exact) mass is 368 g/mol. The average molecular weight is 368 g/mol. The van der Waals surface area contributed by atoms with Gasteiger partial charge in [0, 0.05) is 54.8 Å². The van der Waals surface area contributed by atoms with Gasteiger partial charge in [0.05, 0.1) is 0 Å². The van der Waals surface area contributed by atoms with Gasteiger partial charge in [-0.3, -0.25) is 5.10 Å². The van der Waals surface area contributed by atoms with Gasteiger partial charge in [0.2, 0.25) is 0 Å². The summed E-state index contributed by atoms with van der Waals surface area (Å²) in [5, 5.41) is 14.0. The molecule has 0 radical (unpaired) electrons. The first kappa shape index (κ1) is 16.4. The van der Waals surface area contributed by atoms with Crippen molar-refractivity contribution in [1.29, 1.82) is 0 Å². The van der Waals surface area contributed by atoms with E-state index < -0.39 is 0 Å². The molecular weight excluding hydrogens is 344 g/mol. The Hall–Kier alpha value is -2.77. The Morgan fingerprint density at radius 1 is 1.15 bits per heavy atom. The lowest BCUT2D eigenvalue weighted by molar-refractivity contribution is 0.0959. The minimum atomic E-state index is -0.282. The van der Waals surface area contributed by atoms with E-state index in [9.17, 15) is 4.79 Å². The first-order valence-electron chi connectivity index (χ1n) is 9.73. The van der Waals surface area contributed by atoms with E-state index in [0.717, 1.165) is 68.2 Å². The van der Waals surface area contributed by atoms with E-state index in [-0.39, 0.29) is 18.2 Å². The van der Waals surface area contributed by atoms with Crippen molar-refractivity contribution in [3.8, 4) is 0 Å². The number of hydrogen-bond donors (Lipinski definition) is 3. The van der Waals surface area contributed by atoms with Gasteiger partial charge in [0.25, 0.3) is 0 Å². The number of ether oxygens (including phenoxy) is 1. The van der Waals surface area contributed by atoms with Crippen molar-refractivity contribution >= 4 is 23.4 Å². The van der Waals surface area contributed by atoms with Crippen molar-refractivity contribution in [1.82, 2.24) is 20.5 Å². The molecule has 142 valence electrons. The molecule has 4 aliphatic rings. The molecule has 8 nitrogen and oxygen atoms in total. The fourth-order valence-corrected chi connectivity index (χ4v) is 4.36. The van der Waals surface area contributed by atoms with Crippen molar-refractivity contribution in [2.75, 3.05) is 23.3 Å². The minimum Gasteiger partial charge on any atom is -0.446 e. The highest BCUT2D eigenvalue weighted by Gasteiger charge is 2.31. The first-order chi connectivity index (χ1) is 13.2. The van der Waals surface area contributed by atoms with Crippen molar-refractivity contribution in [2.24, 2.45) is 0 Å². The van der Waals surface area contributed by atoms with Crippen LogP contribution in [0.3, 0.4) is 0 Å². The summed E-state index contributed by atoms with van der Waals surface area (Å²) >= 11 is 0. The topological polar surface area (TPSA) is 95.2 Å². The van der Waals surface area contributed by atoms with Crippen molar-refractivity contribution < 1.29 is 9.53 Å². The molecule has 2 aromatic rings. The smallest absolute Gasteiger partial charge is 0.407 e. The zero-order valence-corrected chi connectivity index (χ0v) is 15.1. The molecule has 3 aliphatic heterocycles. The highest BCUT2D eigenvalue weighted by molar-refractivity contribution is 5.68. The highest BCUT2D eigenvalue weighted by atomic mass is 16.6. The molecule has 2 fully saturated rings. The summed E-state index contributed by atoms with van der Waals surface area (Å²) in [5.74, 6) is 2.09. The molecule has 1 amide bonds. The molecule has 8 bridgehead atoms. The number of rotatable bonds is 0. The molecular formula is C19H24N6O2. The average Bonchev–Trinajstić information content (AvgIpc) is 3.31. The van der Waals surface area contributed by atoms with E-state index in [1.54, 1.807) is 0 Å². The van der Waals surface area contributed by atoms with Gasteiger partial charge < -0.3 is 20.3 Å². The van der Waals surface area contributed by atoms with Gasteiger partial charge in [-0.15, -0.1) is 0 Å². The van der Waals surface area contributed by atoms with E-state index in [1.807, 2.05) is 12.3 Å². The molecule has 27 heavy (non-hydrogen) atoms. The Morgan fingerprint density at radius 3 is 2.93 bits per heavy atom. The number of anilines is 3. The summed E-state index contributed by atoms with van der Waals surface area (Å²) in [5.41, 5.74) is 2.07. The molecule has 1 saturated heterocycles. The van der Waals surface area contributed by atoms with Crippen LogP contribution >= 0.6 is 0 Å². The summed E-state index contributed by atoms with van der Waals surface area (Å²) in [7, 11) is 0. The number of fused-ring (bicyclic) bond motifs is 4. The molecule has 3 N–H and O–H groups in total. The quantitative estimate of drug-likeness (QED) is 0.662. The molecule has 1 aliphatic carbocycles. The molecule has 2 atom stereocenters. The van der Waals surface area contributed by atoms with Gasteiger partial charge in [0.15, 0.2) is 5.82 Å². The largest absolute Gasteiger partial charge is 0.446 e. The van der Waals surface area contributed by atoms with Crippen molar-refractivity contribution in [3.05, 3.63) is 30.1 Å². The highest BCUT2D eigenvalue weighted by Crippen LogP contribution is 2.36. The molecule has 0 spiro atoms. The molecule has 5 heterocycles. The van der Waals surface area contributed by atoms with Crippen LogP contribution in [0.2, 0.25) is 0 Å². The predicted molar refractivity (Wildman–Crippen MR) is 101 cm³/mol. The number of hydrogen-bond acceptors (Lipinski definition) is 6. The maximum absolute atomic E-state index is 12.3. The molecule has 2 aromatic heterocycles. The molecule has 1 saturated carbocycles. The number of amides is 1. The van der Waals surface area contributed by atoms with Crippen molar-refractivity contribution in [2.45, 2.75) is 50.2 Å². The van der Waals surface area contributed by atoms with Gasteiger partial charge in [-0.2, -0.15) is 5.10 Å². The molecule has 0 aromatic carbocycles. The molecule has 0 unspecified atom stereocenters. The number of carbonyl (C=O) groups is 1. The van der Waals surface area contributed by atoms with E-state index in [1.165, 1.54) is 0 Å². The number of piperidine rings is 1. The van der Waals surface area contributed by atoms with E-state index in [2.05, 4.69) is 42.8 Å². The Morgan fingerprint density at radius 2 is 2.04 bits per heavy atom. The van der Waals surface area contributed by atoms with Gasteiger partial charge in [-0.1, -0.05) is 0 Å². The third-order valence-corrected chi connectivity index (χ3v) is 5.85. The zero-order chi connectivity index (χ0) is 18.2. The fraction of sp³-hybridized carbons (Fsp3) is 0.526. The Kier molecular flexibility index (Phi) is 4.10. The summed E-state index contributed by atoms with van der Waals surface area (Å²) in [6.07, 6.45) is 6.03. The lowest BCUT2D eigenvalue weighted by atomic mass is 10.0. The number of pyridine rings is 1. The van der Waals surface area contributed by atoms with Crippen LogP contribution in [0.4, 0.5) is 22.1 Å². The third kappa shape index (κ3) is 3.43. The summed E-state index contributed by atoms with van der Waals surface area (Å²) in [6, 6.07) is 6.23. The second-order valence-electron chi connectivity index (χ2n) is 7.68. The van der Waals surface area contributed by atoms with Crippen molar-refractivity contribution in [3.63, 3.8) is 0 Å². The first-order valence-corrected chi connectivity index (χ1v) is 9.73. The minimum absolute atomic E-state index is 0.0234. The second-order valence-corrected chi connectivity index (χ2v) is 7.68. The van der Waals surface area contributed by atoms with Crippen LogP contribution in [0.25, 0.3) is 0 Å². The standard InChI is InChI=1S/C19H24N6O2/c26-19-22-13-4-7-25(8-5-13)18-10-14(3-6-20-18)21-17-11-16(23-24-17)12-1-2-15(9-12)27-19/h3,6,10-13,15H,1-2,4-5,7-9H2,(H,22,26)(H2,21,23,24)/t12-,15+/m0/s1. The summed E-state index contributed by atoms with van der Waals surface area (Å²) in [6.45, 7) is 1.72. The molecule has 8 heteroatoms. The van der Waals surface area contributed by atoms with E-state index in [0.29, 0.717) is 5.92 Å². The SMILES string of the molecule is O=C1NC2CCN(CC2)c2cc(ccn2)Nc2cc([nH]n2)[C@H]2CC[C@H](C2)O1. The summed E-state index contributed by atoms with van der Waals surface area (Å²) in [4.78, 5) is 19.1. The maximum Gasteiger partial charge on any atom is 0.407 e. The Labute approximate surface area is 157 Å². The Bertz CT molecular complexity index is 829. The predicted octanol–water partition coefficient (Wildman–Crippen LogP) is 2.89. The Balaban J connectivity index is 1.44. The zero-order valence-electron chi connectivity index (χ0n) is 15.1. The summed E-state index contributed by atoms with van der Waals surface area (Å²) < 4.78 is 5.68. The van der Waals surface area contributed by atoms with Crippen LogP contribution in [0.5, 0.6) is 0 Å². The fourth-order valence-electron chi connectivity index (χ4n) is 4.36. The number of aromatic amines is 1. The van der Waals surface area contributed by atoms with Gasteiger partial charge in [-0.05, 0) is 38.2 Å². The van der Waals surface area contributed by atoms with Gasteiger partial charge in [-0.25, -0.2) is 9.78 Å². The second kappa shape index (κ2) is 6.75. The number of carbonyl (C=O) groups excluding carboxylic acids is 1. The van der Waals surface area contributed by atoms with Crippen LogP contribution in [-0.2, 0) is 4.74 Å². The number of nitrogens with one attached hydrogen (secondary N) is 3. The maximum atomic E-state index is 12.3. The van der Waals surface area contributed by atoms with Gasteiger partial charge >= 0.3 is 6.09 Å². The van der Waals surface area contributed by atoms with E-state index >= 15 is 0 Å². The normalized spacial score (nSPS) is 27.5. The number of aromatic nitrogens is 3. The molecule has 6 rings (SSSR count). The van der Waals surface area contributed by atoms with Crippen LogP contribution in [0.15, 0.2) is 24.4 Å². The number of alkyl carbamates (subject to hydrolysis) is 1. The van der Waals surface area contributed by atoms with Crippen LogP contribution < -0.4 is 15.5 Å². The van der Waals surface area contributed by atoms with Crippen LogP contribution in [0, 0.1) is 0 Å². The number of H-pyrrole nitrogens is 1. The van der Waals surface area contributed by atoms with Crippen LogP contribution in [0.1, 0.15) is 43.7 Å².